The lowest BCUT2D eigenvalue weighted by Crippen LogP contribution is -2.20. The first-order valence-electron chi connectivity index (χ1n) is 8.01. The van der Waals surface area contributed by atoms with E-state index in [1.54, 1.807) is 24.3 Å². The lowest BCUT2D eigenvalue weighted by Gasteiger charge is -2.09. The van der Waals surface area contributed by atoms with Crippen LogP contribution < -0.4 is 15.8 Å². The van der Waals surface area contributed by atoms with Crippen molar-refractivity contribution in [1.82, 2.24) is 0 Å². The van der Waals surface area contributed by atoms with Crippen molar-refractivity contribution in [2.75, 3.05) is 11.9 Å². The van der Waals surface area contributed by atoms with Crippen molar-refractivity contribution >= 4 is 39.5 Å². The first kappa shape index (κ1) is 20.2. The molecule has 6 nitrogen and oxygen atoms in total. The number of nitrogens with zero attached hydrogens (tertiary/aromatic N) is 1. The highest BCUT2D eigenvalue weighted by molar-refractivity contribution is 9.10. The van der Waals surface area contributed by atoms with Crippen LogP contribution in [0.1, 0.15) is 16.7 Å². The van der Waals surface area contributed by atoms with Gasteiger partial charge in [-0.25, -0.2) is 0 Å². The molecule has 0 heterocycles. The molecule has 138 valence electrons. The minimum absolute atomic E-state index is 0.0346. The number of amides is 2. The highest BCUT2D eigenvalue weighted by Crippen LogP contribution is 2.27. The van der Waals surface area contributed by atoms with Gasteiger partial charge >= 0.3 is 0 Å². The first-order chi connectivity index (χ1) is 12.8. The number of rotatable bonds is 6. The molecule has 0 bridgehead atoms. The normalized spacial score (nSPS) is 10.8. The predicted molar refractivity (Wildman–Crippen MR) is 107 cm³/mol. The molecule has 7 heteroatoms. The topological polar surface area (TPSA) is 105 Å². The molecule has 2 aromatic rings. The van der Waals surface area contributed by atoms with Crippen LogP contribution in [0.4, 0.5) is 5.69 Å². The number of primary amides is 1. The van der Waals surface area contributed by atoms with Gasteiger partial charge in [0.25, 0.3) is 11.8 Å². The summed E-state index contributed by atoms with van der Waals surface area (Å²) in [6, 6.07) is 12.5. The Labute approximate surface area is 165 Å². The third-order valence-corrected chi connectivity index (χ3v) is 4.25. The number of ether oxygens (including phenoxy) is 1. The average molecular weight is 428 g/mol. The van der Waals surface area contributed by atoms with E-state index < -0.39 is 11.8 Å². The second kappa shape index (κ2) is 9.01. The van der Waals surface area contributed by atoms with Crippen LogP contribution in [-0.4, -0.2) is 18.4 Å². The minimum atomic E-state index is -0.583. The van der Waals surface area contributed by atoms with Crippen molar-refractivity contribution in [3.63, 3.8) is 0 Å². The molecule has 0 aliphatic rings. The smallest absolute Gasteiger partial charge is 0.266 e. The van der Waals surface area contributed by atoms with Gasteiger partial charge < -0.3 is 15.8 Å². The molecule has 0 atom stereocenters. The fraction of sp³-hybridized carbons (Fsp3) is 0.150. The Hall–Kier alpha value is -3.11. The summed E-state index contributed by atoms with van der Waals surface area (Å²) in [6.45, 7) is 3.61. The van der Waals surface area contributed by atoms with Crippen molar-refractivity contribution < 1.29 is 14.3 Å². The number of benzene rings is 2. The zero-order valence-electron chi connectivity index (χ0n) is 14.9. The monoisotopic (exact) mass is 427 g/mol. The summed E-state index contributed by atoms with van der Waals surface area (Å²) >= 11 is 3.33. The Kier molecular flexibility index (Phi) is 6.74. The highest BCUT2D eigenvalue weighted by Gasteiger charge is 2.12. The number of anilines is 1. The van der Waals surface area contributed by atoms with E-state index >= 15 is 0 Å². The van der Waals surface area contributed by atoms with Gasteiger partial charge in [-0.1, -0.05) is 23.8 Å². The molecule has 0 radical (unpaired) electrons. The van der Waals surface area contributed by atoms with Crippen molar-refractivity contribution in [3.8, 4) is 11.8 Å². The van der Waals surface area contributed by atoms with Gasteiger partial charge in [0.2, 0.25) is 0 Å². The van der Waals surface area contributed by atoms with Crippen molar-refractivity contribution in [2.45, 2.75) is 13.8 Å². The van der Waals surface area contributed by atoms with E-state index in [0.717, 1.165) is 11.1 Å². The van der Waals surface area contributed by atoms with Crippen LogP contribution in [0.25, 0.3) is 6.08 Å². The Morgan fingerprint density at radius 3 is 2.59 bits per heavy atom. The zero-order valence-corrected chi connectivity index (χ0v) is 16.5. The fourth-order valence-electron chi connectivity index (χ4n) is 2.33. The minimum Gasteiger partial charge on any atom is -0.483 e. The van der Waals surface area contributed by atoms with Crippen LogP contribution in [0.3, 0.4) is 0 Å². The summed E-state index contributed by atoms with van der Waals surface area (Å²) in [5.74, 6) is -0.639. The second-order valence-corrected chi connectivity index (χ2v) is 6.74. The molecule has 0 aliphatic carbocycles. The van der Waals surface area contributed by atoms with E-state index in [2.05, 4.69) is 21.2 Å². The number of nitrogens with one attached hydrogen (secondary N) is 1. The number of aryl methyl sites for hydroxylation is 2. The Morgan fingerprint density at radius 2 is 2.00 bits per heavy atom. The quantitative estimate of drug-likeness (QED) is 0.543. The first-order valence-corrected chi connectivity index (χ1v) is 8.80. The molecule has 2 rings (SSSR count). The van der Waals surface area contributed by atoms with Gasteiger partial charge in [-0.15, -0.1) is 0 Å². The predicted octanol–water partition coefficient (Wildman–Crippen LogP) is 3.48. The van der Waals surface area contributed by atoms with E-state index in [1.807, 2.05) is 32.0 Å². The lowest BCUT2D eigenvalue weighted by molar-refractivity contribution is -0.120. The number of nitrogens with two attached hydrogens (primary N) is 1. The summed E-state index contributed by atoms with van der Waals surface area (Å²) < 4.78 is 5.82. The molecule has 0 saturated heterocycles. The van der Waals surface area contributed by atoms with Gasteiger partial charge in [0.1, 0.15) is 17.4 Å². The molecule has 3 N–H and O–H groups in total. The number of nitriles is 1. The van der Waals surface area contributed by atoms with Crippen LogP contribution in [0.5, 0.6) is 5.75 Å². The number of hydrogen-bond donors (Lipinski definition) is 2. The fourth-order valence-corrected chi connectivity index (χ4v) is 2.84. The van der Waals surface area contributed by atoms with E-state index in [-0.39, 0.29) is 12.2 Å². The van der Waals surface area contributed by atoms with E-state index in [1.165, 1.54) is 6.08 Å². The van der Waals surface area contributed by atoms with Gasteiger partial charge in [0.15, 0.2) is 6.61 Å². The molecule has 0 unspecified atom stereocenters. The largest absolute Gasteiger partial charge is 0.483 e. The summed E-state index contributed by atoms with van der Waals surface area (Å²) in [4.78, 5) is 23.2. The summed E-state index contributed by atoms with van der Waals surface area (Å²) in [6.07, 6.45) is 1.47. The molecule has 0 aliphatic heterocycles. The standard InChI is InChI=1S/C20H18BrN3O3/c1-12-3-5-17(13(2)7-12)24-20(26)15(10-22)8-14-4-6-18(16(21)9-14)27-11-19(23)25/h3-9H,11H2,1-2H3,(H2,23,25)(H,24,26)/b15-8+. The molecule has 0 fully saturated rings. The zero-order chi connectivity index (χ0) is 20.0. The van der Waals surface area contributed by atoms with E-state index in [0.29, 0.717) is 21.5 Å². The van der Waals surface area contributed by atoms with Crippen molar-refractivity contribution in [2.24, 2.45) is 5.73 Å². The molecule has 2 aromatic carbocycles. The van der Waals surface area contributed by atoms with Crippen LogP contribution in [-0.2, 0) is 9.59 Å². The summed E-state index contributed by atoms with van der Waals surface area (Å²) in [7, 11) is 0. The molecule has 0 aromatic heterocycles. The van der Waals surface area contributed by atoms with Gasteiger partial charge in [-0.3, -0.25) is 9.59 Å². The molecule has 0 spiro atoms. The maximum Gasteiger partial charge on any atom is 0.266 e. The molecule has 27 heavy (non-hydrogen) atoms. The second-order valence-electron chi connectivity index (χ2n) is 5.89. The average Bonchev–Trinajstić information content (AvgIpc) is 2.61. The third-order valence-electron chi connectivity index (χ3n) is 3.63. The van der Waals surface area contributed by atoms with Crippen LogP contribution >= 0.6 is 15.9 Å². The number of carbonyl (C=O) groups excluding carboxylic acids is 2. The highest BCUT2D eigenvalue weighted by atomic mass is 79.9. The van der Waals surface area contributed by atoms with Gasteiger partial charge in [0, 0.05) is 5.69 Å². The van der Waals surface area contributed by atoms with Crippen LogP contribution in [0.15, 0.2) is 46.4 Å². The maximum atomic E-state index is 12.4. The van der Waals surface area contributed by atoms with Gasteiger partial charge in [0.05, 0.1) is 4.47 Å². The van der Waals surface area contributed by atoms with Gasteiger partial charge in [-0.2, -0.15) is 5.26 Å². The molecular formula is C20H18BrN3O3. The summed E-state index contributed by atoms with van der Waals surface area (Å²) in [5, 5.41) is 12.1. The Morgan fingerprint density at radius 1 is 1.26 bits per heavy atom. The van der Waals surface area contributed by atoms with Gasteiger partial charge in [-0.05, 0) is 65.2 Å². The lowest BCUT2D eigenvalue weighted by atomic mass is 10.1. The summed E-state index contributed by atoms with van der Waals surface area (Å²) in [5.41, 5.74) is 8.30. The van der Waals surface area contributed by atoms with Crippen molar-refractivity contribution in [3.05, 3.63) is 63.1 Å². The molecule has 0 saturated carbocycles. The number of halogens is 1. The Balaban J connectivity index is 2.19. The molecule has 2 amide bonds. The molecular weight excluding hydrogens is 410 g/mol. The van der Waals surface area contributed by atoms with Crippen molar-refractivity contribution in [1.29, 1.82) is 5.26 Å². The van der Waals surface area contributed by atoms with Crippen LogP contribution in [0, 0.1) is 25.2 Å². The SMILES string of the molecule is Cc1ccc(NC(=O)/C(C#N)=C/c2ccc(OCC(N)=O)c(Br)c2)c(C)c1. The van der Waals surface area contributed by atoms with Crippen LogP contribution in [0.2, 0.25) is 0 Å². The van der Waals surface area contributed by atoms with E-state index in [4.69, 9.17) is 10.5 Å². The maximum absolute atomic E-state index is 12.4. The third kappa shape index (κ3) is 5.69. The Bertz CT molecular complexity index is 961. The number of hydrogen-bond acceptors (Lipinski definition) is 4. The van der Waals surface area contributed by atoms with E-state index in [9.17, 15) is 14.9 Å². The number of carbonyl (C=O) groups is 2.